The first-order chi connectivity index (χ1) is 8.38. The lowest BCUT2D eigenvalue weighted by Gasteiger charge is -2.27. The number of halogens is 3. The molecule has 0 radical (unpaired) electrons. The minimum absolute atomic E-state index is 0.0129. The van der Waals surface area contributed by atoms with E-state index in [1.807, 2.05) is 6.92 Å². The first-order valence-corrected chi connectivity index (χ1v) is 5.94. The summed E-state index contributed by atoms with van der Waals surface area (Å²) in [5.74, 6) is 0.00242. The summed E-state index contributed by atoms with van der Waals surface area (Å²) in [5.41, 5.74) is 0.591. The molecule has 0 aliphatic carbocycles. The third-order valence-corrected chi connectivity index (χ3v) is 3.41. The molecule has 0 heterocycles. The van der Waals surface area contributed by atoms with Gasteiger partial charge in [0.15, 0.2) is 0 Å². The Morgan fingerprint density at radius 3 is 2.61 bits per heavy atom. The van der Waals surface area contributed by atoms with Gasteiger partial charge in [0, 0.05) is 12.1 Å². The Balaban J connectivity index is 3.12. The molecule has 18 heavy (non-hydrogen) atoms. The number of nitrogens with zero attached hydrogens (tertiary/aromatic N) is 3. The Hall–Kier alpha value is -1.31. The van der Waals surface area contributed by atoms with Gasteiger partial charge in [0.05, 0.1) is 11.1 Å². The second-order valence-electron chi connectivity index (χ2n) is 3.83. The van der Waals surface area contributed by atoms with Gasteiger partial charge in [0.2, 0.25) is 6.19 Å². The average molecular weight is 288 g/mol. The molecule has 0 amide bonds. The molecule has 1 aromatic carbocycles. The van der Waals surface area contributed by atoms with Crippen molar-refractivity contribution in [3.8, 4) is 6.19 Å². The van der Waals surface area contributed by atoms with Crippen molar-refractivity contribution in [2.45, 2.75) is 19.9 Å². The molecule has 0 saturated heterocycles. The third kappa shape index (κ3) is 3.12. The lowest BCUT2D eigenvalue weighted by Crippen LogP contribution is -2.27. The normalized spacial score (nSPS) is 13.1. The highest BCUT2D eigenvalue weighted by atomic mass is 35.5. The first kappa shape index (κ1) is 14.7. The quantitative estimate of drug-likeness (QED) is 0.357. The molecule has 0 spiro atoms. The minimum atomic E-state index is -0.522. The molecule has 0 saturated carbocycles. The van der Waals surface area contributed by atoms with Crippen molar-refractivity contribution in [2.75, 3.05) is 7.05 Å². The van der Waals surface area contributed by atoms with Crippen LogP contribution in [-0.2, 0) is 0 Å². The molecule has 6 heteroatoms. The summed E-state index contributed by atoms with van der Waals surface area (Å²) in [6, 6.07) is 2.45. The highest BCUT2D eigenvalue weighted by molar-refractivity contribution is 6.35. The van der Waals surface area contributed by atoms with Crippen molar-refractivity contribution in [1.29, 1.82) is 5.26 Å². The van der Waals surface area contributed by atoms with E-state index in [4.69, 9.17) is 28.5 Å². The van der Waals surface area contributed by atoms with Crippen molar-refractivity contribution in [2.24, 2.45) is 4.99 Å². The van der Waals surface area contributed by atoms with E-state index in [2.05, 4.69) is 4.99 Å². The molecule has 1 unspecified atom stereocenters. The van der Waals surface area contributed by atoms with Gasteiger partial charge in [-0.15, -0.1) is 0 Å². The zero-order valence-electron chi connectivity index (χ0n) is 10.2. The van der Waals surface area contributed by atoms with Crippen molar-refractivity contribution < 1.29 is 4.39 Å². The predicted octanol–water partition coefficient (Wildman–Crippen LogP) is 4.02. The molecule has 1 atom stereocenters. The van der Waals surface area contributed by atoms with Crippen LogP contribution < -0.4 is 0 Å². The highest BCUT2D eigenvalue weighted by Gasteiger charge is 2.18. The van der Waals surface area contributed by atoms with Gasteiger partial charge in [-0.05, 0) is 31.5 Å². The lowest BCUT2D eigenvalue weighted by atomic mass is 10.1. The van der Waals surface area contributed by atoms with Crippen LogP contribution in [0.2, 0.25) is 10.0 Å². The Morgan fingerprint density at radius 2 is 2.06 bits per heavy atom. The summed E-state index contributed by atoms with van der Waals surface area (Å²) in [5, 5.41) is 8.87. The van der Waals surface area contributed by atoms with E-state index in [9.17, 15) is 4.39 Å². The van der Waals surface area contributed by atoms with Gasteiger partial charge in [0.25, 0.3) is 0 Å². The zero-order chi connectivity index (χ0) is 13.9. The molecule has 0 fully saturated rings. The molecular weight excluding hydrogens is 276 g/mol. The minimum Gasteiger partial charge on any atom is -0.356 e. The van der Waals surface area contributed by atoms with Gasteiger partial charge < -0.3 is 4.90 Å². The smallest absolute Gasteiger partial charge is 0.207 e. The van der Waals surface area contributed by atoms with Crippen LogP contribution in [-0.4, -0.2) is 17.8 Å². The third-order valence-electron chi connectivity index (χ3n) is 2.79. The van der Waals surface area contributed by atoms with E-state index in [0.717, 1.165) is 0 Å². The SMILES string of the molecule is CC(=NC#N)N(C)C(C)c1cc(F)c(Cl)cc1Cl. The van der Waals surface area contributed by atoms with Crippen LogP contribution in [0, 0.1) is 17.3 Å². The van der Waals surface area contributed by atoms with E-state index in [1.54, 1.807) is 25.1 Å². The Morgan fingerprint density at radius 1 is 1.44 bits per heavy atom. The van der Waals surface area contributed by atoms with Gasteiger partial charge in [0.1, 0.15) is 11.7 Å². The highest BCUT2D eigenvalue weighted by Crippen LogP contribution is 2.31. The molecule has 1 rings (SSSR count). The van der Waals surface area contributed by atoms with E-state index in [1.165, 1.54) is 12.1 Å². The van der Waals surface area contributed by atoms with Crippen molar-refractivity contribution in [3.63, 3.8) is 0 Å². The standard InChI is InChI=1S/C12H12Cl2FN3/c1-7(18(3)8(2)17-6-16)9-4-12(15)11(14)5-10(9)13/h4-5,7H,1-3H3. The summed E-state index contributed by atoms with van der Waals surface area (Å²) in [6.07, 6.45) is 1.71. The molecule has 3 nitrogen and oxygen atoms in total. The predicted molar refractivity (Wildman–Crippen MR) is 71.3 cm³/mol. The summed E-state index contributed by atoms with van der Waals surface area (Å²) in [6.45, 7) is 3.53. The Labute approximate surface area is 115 Å². The number of hydrogen-bond donors (Lipinski definition) is 0. The first-order valence-electron chi connectivity index (χ1n) is 5.19. The molecule has 96 valence electrons. The summed E-state index contributed by atoms with van der Waals surface area (Å²) in [7, 11) is 1.75. The van der Waals surface area contributed by atoms with Gasteiger partial charge in [-0.25, -0.2) is 4.39 Å². The van der Waals surface area contributed by atoms with Crippen LogP contribution >= 0.6 is 23.2 Å². The molecule has 0 bridgehead atoms. The zero-order valence-corrected chi connectivity index (χ0v) is 11.7. The molecule has 0 N–H and O–H groups in total. The van der Waals surface area contributed by atoms with Crippen molar-refractivity contribution in [3.05, 3.63) is 33.6 Å². The number of aliphatic imine (C=N–C) groups is 1. The Bertz CT molecular complexity index is 523. The second-order valence-corrected chi connectivity index (χ2v) is 4.65. The van der Waals surface area contributed by atoms with Crippen molar-refractivity contribution >= 4 is 29.0 Å². The average Bonchev–Trinajstić information content (AvgIpc) is 2.32. The topological polar surface area (TPSA) is 39.4 Å². The van der Waals surface area contributed by atoms with Crippen LogP contribution in [0.4, 0.5) is 4.39 Å². The van der Waals surface area contributed by atoms with Gasteiger partial charge in [-0.3, -0.25) is 0 Å². The van der Waals surface area contributed by atoms with E-state index >= 15 is 0 Å². The Kier molecular flexibility index (Phi) is 4.94. The number of hydrogen-bond acceptors (Lipinski definition) is 2. The van der Waals surface area contributed by atoms with Crippen LogP contribution in [0.1, 0.15) is 25.5 Å². The van der Waals surface area contributed by atoms with Gasteiger partial charge >= 0.3 is 0 Å². The summed E-state index contributed by atoms with van der Waals surface area (Å²) < 4.78 is 13.4. The van der Waals surface area contributed by atoms with Crippen LogP contribution in [0.3, 0.4) is 0 Å². The molecule has 1 aromatic rings. The fraction of sp³-hybridized carbons (Fsp3) is 0.333. The summed E-state index contributed by atoms with van der Waals surface area (Å²) in [4.78, 5) is 5.36. The second kappa shape index (κ2) is 6.03. The van der Waals surface area contributed by atoms with Gasteiger partial charge in [-0.2, -0.15) is 10.3 Å². The molecule has 0 aliphatic heterocycles. The van der Waals surface area contributed by atoms with E-state index < -0.39 is 5.82 Å². The maximum atomic E-state index is 13.4. The molecular formula is C12H12Cl2FN3. The van der Waals surface area contributed by atoms with Crippen LogP contribution in [0.5, 0.6) is 0 Å². The monoisotopic (exact) mass is 287 g/mol. The van der Waals surface area contributed by atoms with E-state index in [0.29, 0.717) is 16.4 Å². The fourth-order valence-electron chi connectivity index (χ4n) is 1.50. The van der Waals surface area contributed by atoms with Crippen LogP contribution in [0.25, 0.3) is 0 Å². The van der Waals surface area contributed by atoms with Crippen LogP contribution in [0.15, 0.2) is 17.1 Å². The maximum Gasteiger partial charge on any atom is 0.207 e. The van der Waals surface area contributed by atoms with Gasteiger partial charge in [-0.1, -0.05) is 23.2 Å². The molecule has 0 aliphatic rings. The maximum absolute atomic E-state index is 13.4. The number of amidine groups is 1. The van der Waals surface area contributed by atoms with Crippen molar-refractivity contribution in [1.82, 2.24) is 4.90 Å². The number of benzene rings is 1. The largest absolute Gasteiger partial charge is 0.356 e. The summed E-state index contributed by atoms with van der Waals surface area (Å²) >= 11 is 11.7. The lowest BCUT2D eigenvalue weighted by molar-refractivity contribution is 0.399. The number of rotatable bonds is 2. The molecule has 0 aromatic heterocycles. The number of nitriles is 1. The van der Waals surface area contributed by atoms with E-state index in [-0.39, 0.29) is 11.1 Å². The fourth-order valence-corrected chi connectivity index (χ4v) is 2.04.